The van der Waals surface area contributed by atoms with Gasteiger partial charge in [-0.05, 0) is 49.4 Å². The fourth-order valence-corrected chi connectivity index (χ4v) is 3.24. The highest BCUT2D eigenvalue weighted by Crippen LogP contribution is 2.23. The van der Waals surface area contributed by atoms with Gasteiger partial charge in [0.1, 0.15) is 5.75 Å². The van der Waals surface area contributed by atoms with Crippen LogP contribution in [0.2, 0.25) is 0 Å². The second kappa shape index (κ2) is 10.9. The van der Waals surface area contributed by atoms with E-state index in [1.807, 2.05) is 61.5 Å². The standard InChI is InChI=1S/C24H33NO3/c1-5-9-17(2)16-28-22-14-12-21(13-15-22)23(19(4)26)25-24(27)18(3)20-10-7-6-8-11-20/h6-8,10-15,17-19,23,26H,5,9,16H2,1-4H3,(H,25,27)/t17-,18-,19+,23-/m0/s1. The van der Waals surface area contributed by atoms with Gasteiger partial charge in [-0.25, -0.2) is 0 Å². The third-order valence-electron chi connectivity index (χ3n) is 5.03. The van der Waals surface area contributed by atoms with Crippen molar-refractivity contribution in [3.05, 3.63) is 65.7 Å². The summed E-state index contributed by atoms with van der Waals surface area (Å²) in [7, 11) is 0. The average molecular weight is 384 g/mol. The van der Waals surface area contributed by atoms with Gasteiger partial charge in [-0.15, -0.1) is 0 Å². The Bertz CT molecular complexity index is 712. The first kappa shape index (κ1) is 22.0. The number of hydrogen-bond donors (Lipinski definition) is 2. The molecule has 0 aromatic heterocycles. The fraction of sp³-hybridized carbons (Fsp3) is 0.458. The number of carbonyl (C=O) groups is 1. The van der Waals surface area contributed by atoms with Gasteiger partial charge in [-0.3, -0.25) is 4.79 Å². The summed E-state index contributed by atoms with van der Waals surface area (Å²) in [6, 6.07) is 16.8. The number of aliphatic hydroxyl groups is 1. The first-order chi connectivity index (χ1) is 13.4. The van der Waals surface area contributed by atoms with Crippen molar-refractivity contribution in [2.45, 2.75) is 58.6 Å². The maximum Gasteiger partial charge on any atom is 0.227 e. The molecule has 2 N–H and O–H groups in total. The lowest BCUT2D eigenvalue weighted by molar-refractivity contribution is -0.123. The molecule has 4 atom stereocenters. The van der Waals surface area contributed by atoms with E-state index in [-0.39, 0.29) is 11.8 Å². The highest BCUT2D eigenvalue weighted by molar-refractivity contribution is 5.83. The highest BCUT2D eigenvalue weighted by atomic mass is 16.5. The predicted molar refractivity (Wildman–Crippen MR) is 113 cm³/mol. The topological polar surface area (TPSA) is 58.6 Å². The lowest BCUT2D eigenvalue weighted by atomic mass is 9.97. The Labute approximate surface area is 168 Å². The summed E-state index contributed by atoms with van der Waals surface area (Å²) in [5, 5.41) is 13.2. The van der Waals surface area contributed by atoms with Crippen molar-refractivity contribution in [1.29, 1.82) is 0 Å². The third-order valence-corrected chi connectivity index (χ3v) is 5.03. The van der Waals surface area contributed by atoms with E-state index < -0.39 is 12.1 Å². The van der Waals surface area contributed by atoms with E-state index >= 15 is 0 Å². The van der Waals surface area contributed by atoms with Gasteiger partial charge in [0.25, 0.3) is 0 Å². The minimum Gasteiger partial charge on any atom is -0.493 e. The van der Waals surface area contributed by atoms with Crippen molar-refractivity contribution in [1.82, 2.24) is 5.32 Å². The first-order valence-corrected chi connectivity index (χ1v) is 10.2. The monoisotopic (exact) mass is 383 g/mol. The molecule has 0 aliphatic carbocycles. The zero-order chi connectivity index (χ0) is 20.5. The van der Waals surface area contributed by atoms with Crippen LogP contribution in [0.3, 0.4) is 0 Å². The van der Waals surface area contributed by atoms with E-state index in [9.17, 15) is 9.90 Å². The molecule has 0 aliphatic heterocycles. The van der Waals surface area contributed by atoms with Gasteiger partial charge in [-0.2, -0.15) is 0 Å². The molecule has 0 saturated carbocycles. The Morgan fingerprint density at radius 3 is 2.21 bits per heavy atom. The predicted octanol–water partition coefficient (Wildman–Crippen LogP) is 4.84. The molecule has 0 bridgehead atoms. The summed E-state index contributed by atoms with van der Waals surface area (Å²) in [6.45, 7) is 8.62. The van der Waals surface area contributed by atoms with Crippen LogP contribution in [0.15, 0.2) is 54.6 Å². The van der Waals surface area contributed by atoms with Gasteiger partial charge in [0.15, 0.2) is 0 Å². The van der Waals surface area contributed by atoms with Crippen LogP contribution in [0.4, 0.5) is 0 Å². The van der Waals surface area contributed by atoms with Gasteiger partial charge >= 0.3 is 0 Å². The first-order valence-electron chi connectivity index (χ1n) is 10.2. The Hall–Kier alpha value is -2.33. The smallest absolute Gasteiger partial charge is 0.227 e. The van der Waals surface area contributed by atoms with E-state index in [4.69, 9.17) is 4.74 Å². The van der Waals surface area contributed by atoms with Crippen molar-refractivity contribution >= 4 is 5.91 Å². The Balaban J connectivity index is 2.02. The summed E-state index contributed by atoms with van der Waals surface area (Å²) in [5.74, 6) is 0.935. The van der Waals surface area contributed by atoms with Gasteiger partial charge < -0.3 is 15.2 Å². The van der Waals surface area contributed by atoms with Gasteiger partial charge in [-0.1, -0.05) is 62.7 Å². The number of amides is 1. The average Bonchev–Trinajstić information content (AvgIpc) is 2.71. The molecule has 4 nitrogen and oxygen atoms in total. The molecule has 2 aromatic carbocycles. The summed E-state index contributed by atoms with van der Waals surface area (Å²) in [5.41, 5.74) is 1.81. The molecule has 0 saturated heterocycles. The van der Waals surface area contributed by atoms with Crippen molar-refractivity contribution in [3.8, 4) is 5.75 Å². The fourth-order valence-electron chi connectivity index (χ4n) is 3.24. The van der Waals surface area contributed by atoms with Gasteiger partial charge in [0.05, 0.1) is 24.7 Å². The maximum atomic E-state index is 12.7. The Morgan fingerprint density at radius 1 is 1.00 bits per heavy atom. The van der Waals surface area contributed by atoms with E-state index in [0.29, 0.717) is 12.5 Å². The summed E-state index contributed by atoms with van der Waals surface area (Å²) < 4.78 is 5.84. The number of carbonyl (C=O) groups excluding carboxylic acids is 1. The second-order valence-corrected chi connectivity index (χ2v) is 7.63. The molecule has 0 unspecified atom stereocenters. The quantitative estimate of drug-likeness (QED) is 0.617. The van der Waals surface area contributed by atoms with E-state index in [1.54, 1.807) is 6.92 Å². The van der Waals surface area contributed by atoms with Crippen LogP contribution in [-0.2, 0) is 4.79 Å². The van der Waals surface area contributed by atoms with Crippen LogP contribution >= 0.6 is 0 Å². The van der Waals surface area contributed by atoms with Gasteiger partial charge in [0.2, 0.25) is 5.91 Å². The molecule has 28 heavy (non-hydrogen) atoms. The number of nitrogens with one attached hydrogen (secondary N) is 1. The van der Waals surface area contributed by atoms with E-state index in [0.717, 1.165) is 29.7 Å². The minimum atomic E-state index is -0.705. The largest absolute Gasteiger partial charge is 0.493 e. The molecule has 0 radical (unpaired) electrons. The van der Waals surface area contributed by atoms with Crippen LogP contribution in [0.5, 0.6) is 5.75 Å². The number of rotatable bonds is 10. The summed E-state index contributed by atoms with van der Waals surface area (Å²) >= 11 is 0. The van der Waals surface area contributed by atoms with Crippen molar-refractivity contribution in [2.75, 3.05) is 6.61 Å². The lowest BCUT2D eigenvalue weighted by Crippen LogP contribution is -2.37. The van der Waals surface area contributed by atoms with Crippen LogP contribution in [-0.4, -0.2) is 23.7 Å². The summed E-state index contributed by atoms with van der Waals surface area (Å²) in [4.78, 5) is 12.7. The Kier molecular flexibility index (Phi) is 8.52. The molecule has 1 amide bonds. The molecule has 2 rings (SSSR count). The normalized spacial score (nSPS) is 15.3. The second-order valence-electron chi connectivity index (χ2n) is 7.63. The highest BCUT2D eigenvalue weighted by Gasteiger charge is 2.23. The van der Waals surface area contributed by atoms with Crippen molar-refractivity contribution in [2.24, 2.45) is 5.92 Å². The minimum absolute atomic E-state index is 0.106. The number of hydrogen-bond acceptors (Lipinski definition) is 3. The molecular weight excluding hydrogens is 350 g/mol. The number of benzene rings is 2. The van der Waals surface area contributed by atoms with Crippen molar-refractivity contribution in [3.63, 3.8) is 0 Å². The number of aliphatic hydroxyl groups excluding tert-OH is 1. The van der Waals surface area contributed by atoms with Gasteiger partial charge in [0, 0.05) is 0 Å². The maximum absolute atomic E-state index is 12.7. The molecule has 152 valence electrons. The van der Waals surface area contributed by atoms with E-state index in [2.05, 4.69) is 19.2 Å². The van der Waals surface area contributed by atoms with E-state index in [1.165, 1.54) is 0 Å². The van der Waals surface area contributed by atoms with Crippen LogP contribution in [0, 0.1) is 5.92 Å². The van der Waals surface area contributed by atoms with Crippen molar-refractivity contribution < 1.29 is 14.6 Å². The third kappa shape index (κ3) is 6.38. The molecule has 0 spiro atoms. The van der Waals surface area contributed by atoms with Crippen LogP contribution in [0.25, 0.3) is 0 Å². The molecule has 2 aromatic rings. The molecule has 0 heterocycles. The SMILES string of the molecule is CCC[C@H](C)COc1ccc([C@@H](NC(=O)[C@@H](C)c2ccccc2)[C@@H](C)O)cc1. The zero-order valence-electron chi connectivity index (χ0n) is 17.4. The zero-order valence-corrected chi connectivity index (χ0v) is 17.4. The lowest BCUT2D eigenvalue weighted by Gasteiger charge is -2.24. The summed E-state index contributed by atoms with van der Waals surface area (Å²) in [6.07, 6.45) is 1.59. The van der Waals surface area contributed by atoms with Crippen LogP contribution < -0.4 is 10.1 Å². The number of ether oxygens (including phenoxy) is 1. The molecular formula is C24H33NO3. The molecule has 4 heteroatoms. The Morgan fingerprint density at radius 2 is 1.64 bits per heavy atom. The molecule has 0 fully saturated rings. The molecule has 0 aliphatic rings. The van der Waals surface area contributed by atoms with Crippen LogP contribution in [0.1, 0.15) is 63.6 Å².